The van der Waals surface area contributed by atoms with Gasteiger partial charge in [0.15, 0.2) is 0 Å². The molecule has 0 bridgehead atoms. The van der Waals surface area contributed by atoms with Crippen molar-refractivity contribution in [1.29, 1.82) is 0 Å². The first-order valence-electron chi connectivity index (χ1n) is 5.93. The van der Waals surface area contributed by atoms with E-state index in [-0.39, 0.29) is 23.2 Å². The van der Waals surface area contributed by atoms with E-state index in [1.165, 1.54) is 0 Å². The number of carbonyl (C=O) groups excluding carboxylic acids is 1. The zero-order valence-corrected chi connectivity index (χ0v) is 9.90. The van der Waals surface area contributed by atoms with E-state index in [1.54, 1.807) is 4.90 Å². The van der Waals surface area contributed by atoms with Crippen molar-refractivity contribution in [3.63, 3.8) is 0 Å². The van der Waals surface area contributed by atoms with E-state index in [1.807, 2.05) is 0 Å². The van der Waals surface area contributed by atoms with Gasteiger partial charge in [0, 0.05) is 19.0 Å². The van der Waals surface area contributed by atoms with Crippen molar-refractivity contribution in [3.8, 4) is 0 Å². The number of hydrogen-bond donors (Lipinski definition) is 1. The van der Waals surface area contributed by atoms with Crippen molar-refractivity contribution in [1.82, 2.24) is 4.90 Å². The van der Waals surface area contributed by atoms with Crippen LogP contribution in [0.2, 0.25) is 0 Å². The van der Waals surface area contributed by atoms with Gasteiger partial charge in [0.05, 0.1) is 5.92 Å². The van der Waals surface area contributed by atoms with Gasteiger partial charge in [-0.15, -0.1) is 0 Å². The first-order valence-corrected chi connectivity index (χ1v) is 5.93. The first-order chi connectivity index (χ1) is 7.42. The molecule has 2 aliphatic rings. The van der Waals surface area contributed by atoms with E-state index in [0.29, 0.717) is 13.1 Å². The summed E-state index contributed by atoms with van der Waals surface area (Å²) in [4.78, 5) is 24.5. The van der Waals surface area contributed by atoms with Crippen molar-refractivity contribution in [2.75, 3.05) is 13.1 Å². The number of rotatable bonds is 2. The first kappa shape index (κ1) is 11.4. The molecule has 4 heteroatoms. The molecule has 1 saturated carbocycles. The van der Waals surface area contributed by atoms with Crippen molar-refractivity contribution < 1.29 is 14.7 Å². The predicted octanol–water partition coefficient (Wildman–Crippen LogP) is 1.36. The van der Waals surface area contributed by atoms with Gasteiger partial charge in [-0.1, -0.05) is 20.3 Å². The Morgan fingerprint density at radius 2 is 1.94 bits per heavy atom. The van der Waals surface area contributed by atoms with Gasteiger partial charge < -0.3 is 10.0 Å². The van der Waals surface area contributed by atoms with Gasteiger partial charge in [0.2, 0.25) is 5.91 Å². The summed E-state index contributed by atoms with van der Waals surface area (Å²) < 4.78 is 0. The van der Waals surface area contributed by atoms with E-state index in [2.05, 4.69) is 13.8 Å². The van der Waals surface area contributed by atoms with Crippen molar-refractivity contribution in [2.45, 2.75) is 33.1 Å². The smallest absolute Gasteiger partial charge is 0.310 e. The number of nitrogens with zero attached hydrogens (tertiary/aromatic N) is 1. The normalized spacial score (nSPS) is 28.9. The summed E-state index contributed by atoms with van der Waals surface area (Å²) >= 11 is 0. The Bertz CT molecular complexity index is 318. The monoisotopic (exact) mass is 225 g/mol. The maximum atomic E-state index is 12.1. The summed E-state index contributed by atoms with van der Waals surface area (Å²) in [5, 5.41) is 8.76. The summed E-state index contributed by atoms with van der Waals surface area (Å²) in [5.74, 6) is -0.856. The molecule has 0 spiro atoms. The molecule has 1 heterocycles. The van der Waals surface area contributed by atoms with Crippen molar-refractivity contribution in [2.24, 2.45) is 17.3 Å². The molecule has 1 atom stereocenters. The van der Waals surface area contributed by atoms with Crippen LogP contribution in [0, 0.1) is 17.3 Å². The second-order valence-electron chi connectivity index (χ2n) is 5.71. The summed E-state index contributed by atoms with van der Waals surface area (Å²) in [6.07, 6.45) is 3.17. The van der Waals surface area contributed by atoms with E-state index in [4.69, 9.17) is 5.11 Å². The molecule has 0 radical (unpaired) electrons. The summed E-state index contributed by atoms with van der Waals surface area (Å²) in [6.45, 7) is 5.08. The van der Waals surface area contributed by atoms with Gasteiger partial charge in [-0.2, -0.15) is 0 Å². The third-order valence-corrected chi connectivity index (χ3v) is 4.10. The molecule has 1 N–H and O–H groups in total. The minimum atomic E-state index is -0.783. The van der Waals surface area contributed by atoms with Gasteiger partial charge in [-0.05, 0) is 18.3 Å². The molecule has 90 valence electrons. The number of carbonyl (C=O) groups is 2. The minimum Gasteiger partial charge on any atom is -0.481 e. The van der Waals surface area contributed by atoms with E-state index >= 15 is 0 Å². The fraction of sp³-hybridized carbons (Fsp3) is 0.833. The Hall–Kier alpha value is -1.06. The number of hydrogen-bond acceptors (Lipinski definition) is 2. The van der Waals surface area contributed by atoms with Crippen LogP contribution in [0.25, 0.3) is 0 Å². The van der Waals surface area contributed by atoms with Gasteiger partial charge in [0.1, 0.15) is 0 Å². The van der Waals surface area contributed by atoms with Crippen LogP contribution in [0.15, 0.2) is 0 Å². The second kappa shape index (κ2) is 3.75. The average Bonchev–Trinajstić information content (AvgIpc) is 2.41. The fourth-order valence-corrected chi connectivity index (χ4v) is 2.82. The zero-order valence-electron chi connectivity index (χ0n) is 9.90. The van der Waals surface area contributed by atoms with Crippen LogP contribution in [-0.4, -0.2) is 35.0 Å². The SMILES string of the molecule is CC1(C)CCCC1C(=O)N1CC(C(=O)O)C1. The topological polar surface area (TPSA) is 57.6 Å². The quantitative estimate of drug-likeness (QED) is 0.772. The Balaban J connectivity index is 1.93. The number of carboxylic acids is 1. The Labute approximate surface area is 95.6 Å². The number of likely N-dealkylation sites (tertiary alicyclic amines) is 1. The molecule has 1 amide bonds. The molecular weight excluding hydrogens is 206 g/mol. The van der Waals surface area contributed by atoms with Crippen LogP contribution in [-0.2, 0) is 9.59 Å². The highest BCUT2D eigenvalue weighted by molar-refractivity contribution is 5.83. The lowest BCUT2D eigenvalue weighted by atomic mass is 9.80. The average molecular weight is 225 g/mol. The Morgan fingerprint density at radius 3 is 2.38 bits per heavy atom. The number of aliphatic carboxylic acids is 1. The standard InChI is InChI=1S/C12H19NO3/c1-12(2)5-3-4-9(12)10(14)13-6-8(7-13)11(15)16/h8-9H,3-7H2,1-2H3,(H,15,16). The third kappa shape index (κ3) is 1.81. The molecule has 2 fully saturated rings. The van der Waals surface area contributed by atoms with E-state index < -0.39 is 5.97 Å². The molecule has 4 nitrogen and oxygen atoms in total. The maximum Gasteiger partial charge on any atom is 0.310 e. The Morgan fingerprint density at radius 1 is 1.31 bits per heavy atom. The number of carboxylic acid groups (broad SMARTS) is 1. The molecule has 1 saturated heterocycles. The van der Waals surface area contributed by atoms with Crippen LogP contribution in [0.3, 0.4) is 0 Å². The maximum absolute atomic E-state index is 12.1. The Kier molecular flexibility index (Phi) is 2.68. The van der Waals surface area contributed by atoms with Crippen molar-refractivity contribution in [3.05, 3.63) is 0 Å². The molecule has 2 rings (SSSR count). The van der Waals surface area contributed by atoms with Crippen LogP contribution in [0.5, 0.6) is 0 Å². The van der Waals surface area contributed by atoms with Crippen LogP contribution in [0.4, 0.5) is 0 Å². The number of amides is 1. The highest BCUT2D eigenvalue weighted by Crippen LogP contribution is 2.44. The van der Waals surface area contributed by atoms with Gasteiger partial charge in [0.25, 0.3) is 0 Å². The van der Waals surface area contributed by atoms with Gasteiger partial charge >= 0.3 is 5.97 Å². The lowest BCUT2D eigenvalue weighted by Crippen LogP contribution is -2.55. The highest BCUT2D eigenvalue weighted by Gasteiger charge is 2.45. The van der Waals surface area contributed by atoms with Gasteiger partial charge in [-0.25, -0.2) is 0 Å². The van der Waals surface area contributed by atoms with Crippen LogP contribution < -0.4 is 0 Å². The van der Waals surface area contributed by atoms with E-state index in [0.717, 1.165) is 19.3 Å². The predicted molar refractivity (Wildman–Crippen MR) is 58.8 cm³/mol. The lowest BCUT2D eigenvalue weighted by Gasteiger charge is -2.40. The van der Waals surface area contributed by atoms with Crippen molar-refractivity contribution >= 4 is 11.9 Å². The lowest BCUT2D eigenvalue weighted by molar-refractivity contribution is -0.155. The molecule has 0 aromatic rings. The molecule has 1 aliphatic heterocycles. The van der Waals surface area contributed by atoms with Gasteiger partial charge in [-0.3, -0.25) is 9.59 Å². The zero-order chi connectivity index (χ0) is 11.9. The summed E-state index contributed by atoms with van der Waals surface area (Å²) in [5.41, 5.74) is 0.0887. The fourth-order valence-electron chi connectivity index (χ4n) is 2.82. The van der Waals surface area contributed by atoms with Crippen LogP contribution >= 0.6 is 0 Å². The summed E-state index contributed by atoms with van der Waals surface area (Å²) in [7, 11) is 0. The molecule has 1 unspecified atom stereocenters. The van der Waals surface area contributed by atoms with Crippen LogP contribution in [0.1, 0.15) is 33.1 Å². The molecule has 0 aromatic heterocycles. The minimum absolute atomic E-state index is 0.0887. The molecular formula is C12H19NO3. The second-order valence-corrected chi connectivity index (χ2v) is 5.71. The molecule has 16 heavy (non-hydrogen) atoms. The van der Waals surface area contributed by atoms with E-state index in [9.17, 15) is 9.59 Å². The summed E-state index contributed by atoms with van der Waals surface area (Å²) in [6, 6.07) is 0. The largest absolute Gasteiger partial charge is 0.481 e. The highest BCUT2D eigenvalue weighted by atomic mass is 16.4. The molecule has 0 aromatic carbocycles. The molecule has 1 aliphatic carbocycles. The third-order valence-electron chi connectivity index (χ3n) is 4.10.